The zero-order chi connectivity index (χ0) is 22.4. The minimum atomic E-state index is -0.671. The summed E-state index contributed by atoms with van der Waals surface area (Å²) in [6.07, 6.45) is 3.07. The van der Waals surface area contributed by atoms with Gasteiger partial charge in [-0.15, -0.1) is 0 Å². The Balaban J connectivity index is 2.22. The molecule has 5 nitrogen and oxygen atoms in total. The van der Waals surface area contributed by atoms with Gasteiger partial charge in [-0.1, -0.05) is 31.5 Å². The summed E-state index contributed by atoms with van der Waals surface area (Å²) in [6.45, 7) is 7.71. The number of hydrogen-bond acceptors (Lipinski definition) is 3. The number of amides is 1. The minimum absolute atomic E-state index is 0.0441. The minimum Gasteiger partial charge on any atom is -0.333 e. The number of halogens is 3. The van der Waals surface area contributed by atoms with Gasteiger partial charge >= 0.3 is 0 Å². The van der Waals surface area contributed by atoms with Crippen LogP contribution in [0, 0.1) is 24.5 Å². The normalized spacial score (nSPS) is 11.8. The summed E-state index contributed by atoms with van der Waals surface area (Å²) in [6, 6.07) is 3.38. The third-order valence-corrected chi connectivity index (χ3v) is 4.94. The number of hydrogen-bond donors (Lipinski definition) is 0. The van der Waals surface area contributed by atoms with Crippen LogP contribution in [0.25, 0.3) is 6.08 Å². The Kier molecular flexibility index (Phi) is 8.55. The van der Waals surface area contributed by atoms with Crippen molar-refractivity contribution in [1.29, 1.82) is 0 Å². The molecule has 2 rings (SSSR count). The molecular formula is C22H29ClF2N4O. The predicted octanol–water partition coefficient (Wildman–Crippen LogP) is 4.38. The lowest BCUT2D eigenvalue weighted by molar-refractivity contribution is -0.126. The smallest absolute Gasteiger partial charge is 0.246 e. The van der Waals surface area contributed by atoms with Gasteiger partial charge in [0.05, 0.1) is 5.69 Å². The average Bonchev–Trinajstić information content (AvgIpc) is 2.90. The van der Waals surface area contributed by atoms with Crippen LogP contribution in [0.1, 0.15) is 30.7 Å². The third-order valence-electron chi connectivity index (χ3n) is 4.55. The molecule has 0 N–H and O–H groups in total. The number of carbonyl (C=O) groups is 1. The van der Waals surface area contributed by atoms with Gasteiger partial charge in [-0.2, -0.15) is 5.10 Å². The van der Waals surface area contributed by atoms with Crippen LogP contribution in [0.5, 0.6) is 0 Å². The van der Waals surface area contributed by atoms with E-state index in [-0.39, 0.29) is 18.0 Å². The molecule has 164 valence electrons. The second kappa shape index (κ2) is 10.7. The number of rotatable bonds is 9. The predicted molar refractivity (Wildman–Crippen MR) is 116 cm³/mol. The van der Waals surface area contributed by atoms with Crippen LogP contribution in [-0.4, -0.2) is 52.7 Å². The number of nitrogens with zero attached hydrogens (tertiary/aromatic N) is 4. The summed E-state index contributed by atoms with van der Waals surface area (Å²) < 4.78 is 29.0. The molecule has 0 spiro atoms. The molecule has 2 aromatic rings. The maximum atomic E-state index is 14.1. The largest absolute Gasteiger partial charge is 0.333 e. The molecule has 0 fully saturated rings. The lowest BCUT2D eigenvalue weighted by Crippen LogP contribution is -2.35. The monoisotopic (exact) mass is 438 g/mol. The van der Waals surface area contributed by atoms with Gasteiger partial charge < -0.3 is 9.80 Å². The maximum Gasteiger partial charge on any atom is 0.246 e. The first kappa shape index (κ1) is 24.0. The second-order valence-corrected chi connectivity index (χ2v) is 8.36. The Morgan fingerprint density at radius 1 is 1.27 bits per heavy atom. The summed E-state index contributed by atoms with van der Waals surface area (Å²) >= 11 is 6.44. The fraction of sp³-hybridized carbons (Fsp3) is 0.455. The van der Waals surface area contributed by atoms with Gasteiger partial charge in [0.1, 0.15) is 16.8 Å². The van der Waals surface area contributed by atoms with Crippen LogP contribution in [0.15, 0.2) is 24.3 Å². The van der Waals surface area contributed by atoms with Crippen LogP contribution in [0.4, 0.5) is 8.78 Å². The van der Waals surface area contributed by atoms with Crippen LogP contribution >= 0.6 is 11.6 Å². The summed E-state index contributed by atoms with van der Waals surface area (Å²) in [4.78, 5) is 16.3. The Hall–Kier alpha value is -2.25. The summed E-state index contributed by atoms with van der Waals surface area (Å²) in [7, 11) is 3.78. The number of benzene rings is 1. The molecule has 1 aromatic carbocycles. The molecule has 0 saturated carbocycles. The van der Waals surface area contributed by atoms with E-state index in [1.165, 1.54) is 23.1 Å². The Labute approximate surface area is 181 Å². The lowest BCUT2D eigenvalue weighted by Gasteiger charge is -2.23. The van der Waals surface area contributed by atoms with Crippen molar-refractivity contribution >= 4 is 23.6 Å². The quantitative estimate of drug-likeness (QED) is 0.545. The SMILES string of the molecule is Cc1nn(CC(C)C)c(Cl)c1C=CC(=O)N(CCN(C)C)Cc1ccc(F)cc1F. The van der Waals surface area contributed by atoms with E-state index in [2.05, 4.69) is 18.9 Å². The highest BCUT2D eigenvalue weighted by Gasteiger charge is 2.16. The fourth-order valence-corrected chi connectivity index (χ4v) is 3.23. The molecule has 1 heterocycles. The Bertz CT molecular complexity index is 909. The molecule has 0 atom stereocenters. The molecule has 0 aliphatic heterocycles. The topological polar surface area (TPSA) is 41.4 Å². The molecule has 0 unspecified atom stereocenters. The first-order valence-electron chi connectivity index (χ1n) is 9.87. The van der Waals surface area contributed by atoms with Crippen molar-refractivity contribution in [1.82, 2.24) is 19.6 Å². The first-order valence-corrected chi connectivity index (χ1v) is 10.2. The zero-order valence-electron chi connectivity index (χ0n) is 18.1. The van der Waals surface area contributed by atoms with Crippen molar-refractivity contribution in [3.8, 4) is 0 Å². The van der Waals surface area contributed by atoms with E-state index in [1.54, 1.807) is 10.8 Å². The second-order valence-electron chi connectivity index (χ2n) is 8.00. The van der Waals surface area contributed by atoms with Crippen molar-refractivity contribution in [2.75, 3.05) is 27.2 Å². The molecule has 1 amide bonds. The maximum absolute atomic E-state index is 14.1. The highest BCUT2D eigenvalue weighted by Crippen LogP contribution is 2.22. The first-order chi connectivity index (χ1) is 14.1. The molecule has 0 aliphatic carbocycles. The van der Waals surface area contributed by atoms with Crippen molar-refractivity contribution in [3.05, 3.63) is 57.9 Å². The van der Waals surface area contributed by atoms with Crippen LogP contribution in [-0.2, 0) is 17.9 Å². The molecule has 0 saturated heterocycles. The molecule has 0 bridgehead atoms. The van der Waals surface area contributed by atoms with Crippen LogP contribution < -0.4 is 0 Å². The van der Waals surface area contributed by atoms with Gasteiger partial charge in [0.15, 0.2) is 0 Å². The standard InChI is InChI=1S/C22H29ClF2N4O/c1-15(2)13-29-22(23)19(16(3)26-29)8-9-21(30)28(11-10-27(4)5)14-17-6-7-18(24)12-20(17)25/h6-9,12,15H,10-11,13-14H2,1-5H3. The molecular weight excluding hydrogens is 410 g/mol. The molecule has 8 heteroatoms. The van der Waals surface area contributed by atoms with Gasteiger partial charge in [0.25, 0.3) is 0 Å². The zero-order valence-corrected chi connectivity index (χ0v) is 18.9. The highest BCUT2D eigenvalue weighted by molar-refractivity contribution is 6.31. The molecule has 30 heavy (non-hydrogen) atoms. The van der Waals surface area contributed by atoms with E-state index in [9.17, 15) is 13.6 Å². The van der Waals surface area contributed by atoms with Crippen molar-refractivity contribution in [2.24, 2.45) is 5.92 Å². The van der Waals surface area contributed by atoms with E-state index in [4.69, 9.17) is 11.6 Å². The van der Waals surface area contributed by atoms with Crippen molar-refractivity contribution in [3.63, 3.8) is 0 Å². The lowest BCUT2D eigenvalue weighted by atomic mass is 10.2. The highest BCUT2D eigenvalue weighted by atomic mass is 35.5. The molecule has 0 radical (unpaired) electrons. The molecule has 1 aromatic heterocycles. The van der Waals surface area contributed by atoms with Crippen LogP contribution in [0.2, 0.25) is 5.15 Å². The van der Waals surface area contributed by atoms with Crippen molar-refractivity contribution in [2.45, 2.75) is 33.9 Å². The summed E-state index contributed by atoms with van der Waals surface area (Å²) in [5.74, 6) is -1.22. The summed E-state index contributed by atoms with van der Waals surface area (Å²) in [5, 5.41) is 4.92. The van der Waals surface area contributed by atoms with Gasteiger partial charge in [-0.3, -0.25) is 9.48 Å². The number of likely N-dealkylation sites (N-methyl/N-ethyl adjacent to an activating group) is 1. The molecule has 0 aliphatic rings. The van der Waals surface area contributed by atoms with E-state index in [1.807, 2.05) is 25.9 Å². The Morgan fingerprint density at radius 3 is 2.57 bits per heavy atom. The van der Waals surface area contributed by atoms with Gasteiger partial charge in [0, 0.05) is 49.4 Å². The van der Waals surface area contributed by atoms with Gasteiger partial charge in [-0.25, -0.2) is 8.78 Å². The average molecular weight is 439 g/mol. The van der Waals surface area contributed by atoms with Crippen molar-refractivity contribution < 1.29 is 13.6 Å². The van der Waals surface area contributed by atoms with E-state index >= 15 is 0 Å². The van der Waals surface area contributed by atoms with E-state index in [0.29, 0.717) is 36.3 Å². The number of aryl methyl sites for hydroxylation is 1. The number of aromatic nitrogens is 2. The summed E-state index contributed by atoms with van der Waals surface area (Å²) in [5.41, 5.74) is 1.68. The third kappa shape index (κ3) is 6.64. The van der Waals surface area contributed by atoms with Gasteiger partial charge in [0.2, 0.25) is 5.91 Å². The number of carbonyl (C=O) groups excluding carboxylic acids is 1. The van der Waals surface area contributed by atoms with Gasteiger partial charge in [-0.05, 0) is 39.1 Å². The van der Waals surface area contributed by atoms with E-state index in [0.717, 1.165) is 11.8 Å². The Morgan fingerprint density at radius 2 is 1.97 bits per heavy atom. The fourth-order valence-electron chi connectivity index (χ4n) is 2.93. The van der Waals surface area contributed by atoms with E-state index < -0.39 is 11.6 Å². The van der Waals surface area contributed by atoms with Crippen LogP contribution in [0.3, 0.4) is 0 Å².